The van der Waals surface area contributed by atoms with Crippen LogP contribution in [-0.2, 0) is 4.74 Å². The molecule has 0 radical (unpaired) electrons. The van der Waals surface area contributed by atoms with Crippen molar-refractivity contribution in [1.29, 1.82) is 0 Å². The van der Waals surface area contributed by atoms with Crippen molar-refractivity contribution in [3.05, 3.63) is 26.6 Å². The van der Waals surface area contributed by atoms with Gasteiger partial charge in [-0.1, -0.05) is 0 Å². The maximum absolute atomic E-state index is 11.7. The number of ether oxygens (including phenoxy) is 1. The van der Waals surface area contributed by atoms with E-state index in [9.17, 15) is 4.79 Å². The van der Waals surface area contributed by atoms with Gasteiger partial charge in [0.1, 0.15) is 5.60 Å². The zero-order chi connectivity index (χ0) is 16.5. The summed E-state index contributed by atoms with van der Waals surface area (Å²) in [6, 6.07) is 4.70. The Balaban J connectivity index is 1.82. The van der Waals surface area contributed by atoms with Gasteiger partial charge in [0.25, 0.3) is 0 Å². The van der Waals surface area contributed by atoms with Crippen molar-refractivity contribution in [3.8, 4) is 0 Å². The molecule has 1 fully saturated rings. The highest BCUT2D eigenvalue weighted by Crippen LogP contribution is 2.35. The van der Waals surface area contributed by atoms with E-state index in [2.05, 4.69) is 61.5 Å². The fourth-order valence-corrected chi connectivity index (χ4v) is 4.01. The van der Waals surface area contributed by atoms with Gasteiger partial charge < -0.3 is 15.4 Å². The number of alkyl carbamates (subject to hydrolysis) is 1. The van der Waals surface area contributed by atoms with Gasteiger partial charge in [-0.15, -0.1) is 0 Å². The molecule has 1 aliphatic carbocycles. The first-order valence-electron chi connectivity index (χ1n) is 7.36. The summed E-state index contributed by atoms with van der Waals surface area (Å²) >= 11 is 7.17. The third-order valence-electron chi connectivity index (χ3n) is 3.39. The molecule has 1 aromatic carbocycles. The largest absolute Gasteiger partial charge is 0.444 e. The molecular weight excluding hydrogens is 412 g/mol. The Morgan fingerprint density at radius 2 is 1.73 bits per heavy atom. The van der Waals surface area contributed by atoms with Crippen molar-refractivity contribution in [2.24, 2.45) is 0 Å². The maximum Gasteiger partial charge on any atom is 0.407 e. The number of anilines is 1. The number of aryl methyl sites for hydroxylation is 1. The number of rotatable bonds is 3. The molecule has 0 aromatic heterocycles. The van der Waals surface area contributed by atoms with E-state index in [0.717, 1.165) is 27.5 Å². The number of hydrogen-bond acceptors (Lipinski definition) is 3. The van der Waals surface area contributed by atoms with Crippen LogP contribution in [0.1, 0.15) is 39.2 Å². The van der Waals surface area contributed by atoms with Crippen molar-refractivity contribution in [2.75, 3.05) is 5.32 Å². The quantitative estimate of drug-likeness (QED) is 0.705. The molecule has 2 rings (SSSR count). The monoisotopic (exact) mass is 432 g/mol. The van der Waals surface area contributed by atoms with Gasteiger partial charge in [0, 0.05) is 21.0 Å². The summed E-state index contributed by atoms with van der Waals surface area (Å²) in [6.45, 7) is 7.65. The first-order chi connectivity index (χ1) is 10.1. The van der Waals surface area contributed by atoms with Gasteiger partial charge in [0.15, 0.2) is 0 Å². The normalized spacial score (nSPS) is 21.0. The molecule has 122 valence electrons. The van der Waals surface area contributed by atoms with Crippen LogP contribution in [0.3, 0.4) is 0 Å². The molecule has 0 bridgehead atoms. The van der Waals surface area contributed by atoms with Crippen molar-refractivity contribution < 1.29 is 9.53 Å². The summed E-state index contributed by atoms with van der Waals surface area (Å²) in [6.07, 6.45) is 1.45. The van der Waals surface area contributed by atoms with Crippen LogP contribution in [0.15, 0.2) is 21.1 Å². The van der Waals surface area contributed by atoms with Crippen LogP contribution in [0.2, 0.25) is 0 Å². The summed E-state index contributed by atoms with van der Waals surface area (Å²) in [7, 11) is 0. The van der Waals surface area contributed by atoms with Crippen molar-refractivity contribution in [1.82, 2.24) is 5.32 Å². The molecule has 1 aliphatic rings. The number of halogens is 2. The minimum absolute atomic E-state index is 0.176. The summed E-state index contributed by atoms with van der Waals surface area (Å²) in [5.74, 6) is 0. The average Bonchev–Trinajstić information content (AvgIpc) is 2.27. The highest BCUT2D eigenvalue weighted by molar-refractivity contribution is 9.11. The molecule has 1 saturated carbocycles. The standard InChI is InChI=1S/C16H22Br2N2O2/c1-9-5-12(17)14(13(18)6-9)19-10-7-11(8-10)20-15(21)22-16(2,3)4/h5-6,10-11,19H,7-8H2,1-4H3,(H,20,21). The first kappa shape index (κ1) is 17.6. The third-order valence-corrected chi connectivity index (χ3v) is 4.64. The van der Waals surface area contributed by atoms with Gasteiger partial charge >= 0.3 is 6.09 Å². The number of benzene rings is 1. The van der Waals surface area contributed by atoms with Gasteiger partial charge in [-0.05, 0) is 90.1 Å². The topological polar surface area (TPSA) is 50.4 Å². The van der Waals surface area contributed by atoms with E-state index in [1.54, 1.807) is 0 Å². The van der Waals surface area contributed by atoms with Crippen LogP contribution in [0, 0.1) is 6.92 Å². The second-order valence-electron chi connectivity index (χ2n) is 6.76. The molecule has 22 heavy (non-hydrogen) atoms. The summed E-state index contributed by atoms with van der Waals surface area (Å²) < 4.78 is 7.35. The number of hydrogen-bond donors (Lipinski definition) is 2. The second-order valence-corrected chi connectivity index (χ2v) is 8.47. The molecule has 0 spiro atoms. The van der Waals surface area contributed by atoms with Crippen LogP contribution < -0.4 is 10.6 Å². The predicted molar refractivity (Wildman–Crippen MR) is 96.4 cm³/mol. The molecule has 2 N–H and O–H groups in total. The van der Waals surface area contributed by atoms with Crippen LogP contribution in [0.5, 0.6) is 0 Å². The van der Waals surface area contributed by atoms with E-state index in [1.165, 1.54) is 5.56 Å². The minimum atomic E-state index is -0.455. The van der Waals surface area contributed by atoms with Gasteiger partial charge in [-0.2, -0.15) is 0 Å². The smallest absolute Gasteiger partial charge is 0.407 e. The summed E-state index contributed by atoms with van der Waals surface area (Å²) in [4.78, 5) is 11.7. The van der Waals surface area contributed by atoms with Gasteiger partial charge in [-0.25, -0.2) is 4.79 Å². The van der Waals surface area contributed by atoms with Crippen molar-refractivity contribution in [2.45, 2.75) is 58.2 Å². The molecule has 0 heterocycles. The average molecular weight is 434 g/mol. The predicted octanol–water partition coefficient (Wildman–Crippen LogP) is 4.99. The van der Waals surface area contributed by atoms with E-state index >= 15 is 0 Å². The lowest BCUT2D eigenvalue weighted by atomic mass is 9.86. The minimum Gasteiger partial charge on any atom is -0.444 e. The van der Waals surface area contributed by atoms with Gasteiger partial charge in [0.05, 0.1) is 5.69 Å². The molecule has 6 heteroatoms. The molecule has 0 atom stereocenters. The number of nitrogens with one attached hydrogen (secondary N) is 2. The second kappa shape index (κ2) is 6.79. The third kappa shape index (κ3) is 4.88. The molecular formula is C16H22Br2N2O2. The Hall–Kier alpha value is -0.750. The number of carbonyl (C=O) groups excluding carboxylic acids is 1. The lowest BCUT2D eigenvalue weighted by Crippen LogP contribution is -2.50. The Morgan fingerprint density at radius 1 is 1.18 bits per heavy atom. The Labute approximate surface area is 148 Å². The zero-order valence-electron chi connectivity index (χ0n) is 13.3. The van der Waals surface area contributed by atoms with Crippen LogP contribution in [0.4, 0.5) is 10.5 Å². The van der Waals surface area contributed by atoms with Crippen LogP contribution >= 0.6 is 31.9 Å². The van der Waals surface area contributed by atoms with Gasteiger partial charge in [-0.3, -0.25) is 0 Å². The molecule has 1 aromatic rings. The molecule has 0 aliphatic heterocycles. The van der Waals surface area contributed by atoms with E-state index in [1.807, 2.05) is 20.8 Å². The van der Waals surface area contributed by atoms with Crippen LogP contribution in [-0.4, -0.2) is 23.8 Å². The molecule has 1 amide bonds. The highest BCUT2D eigenvalue weighted by Gasteiger charge is 2.32. The Morgan fingerprint density at radius 3 is 2.23 bits per heavy atom. The molecule has 0 saturated heterocycles. The summed E-state index contributed by atoms with van der Waals surface area (Å²) in [5.41, 5.74) is 1.80. The maximum atomic E-state index is 11.7. The fourth-order valence-electron chi connectivity index (χ4n) is 2.37. The van der Waals surface area contributed by atoms with Crippen molar-refractivity contribution in [3.63, 3.8) is 0 Å². The van der Waals surface area contributed by atoms with Crippen LogP contribution in [0.25, 0.3) is 0 Å². The molecule has 0 unspecified atom stereocenters. The fraction of sp³-hybridized carbons (Fsp3) is 0.562. The number of carbonyl (C=O) groups is 1. The van der Waals surface area contributed by atoms with E-state index in [-0.39, 0.29) is 12.1 Å². The molecule has 4 nitrogen and oxygen atoms in total. The van der Waals surface area contributed by atoms with E-state index < -0.39 is 5.60 Å². The van der Waals surface area contributed by atoms with Crippen molar-refractivity contribution >= 4 is 43.6 Å². The number of amides is 1. The van der Waals surface area contributed by atoms with E-state index in [4.69, 9.17) is 4.74 Å². The SMILES string of the molecule is Cc1cc(Br)c(NC2CC(NC(=O)OC(C)(C)C)C2)c(Br)c1. The summed E-state index contributed by atoms with van der Waals surface area (Å²) in [5, 5.41) is 6.41. The zero-order valence-corrected chi connectivity index (χ0v) is 16.5. The van der Waals surface area contributed by atoms with E-state index in [0.29, 0.717) is 6.04 Å². The Kier molecular flexibility index (Phi) is 5.43. The first-order valence-corrected chi connectivity index (χ1v) is 8.94. The Bertz CT molecular complexity index is 541. The lowest BCUT2D eigenvalue weighted by Gasteiger charge is -2.37. The lowest BCUT2D eigenvalue weighted by molar-refractivity contribution is 0.0475. The highest BCUT2D eigenvalue weighted by atomic mass is 79.9. The van der Waals surface area contributed by atoms with Gasteiger partial charge in [0.2, 0.25) is 0 Å².